The molecular weight excluding hydrogens is 308 g/mol. The lowest BCUT2D eigenvalue weighted by Gasteiger charge is -2.36. The van der Waals surface area contributed by atoms with E-state index >= 15 is 0 Å². The quantitative estimate of drug-likeness (QED) is 0.826. The number of aromatic nitrogens is 1. The normalized spacial score (nSPS) is 16.0. The number of carbonyl (C=O) groups is 2. The van der Waals surface area contributed by atoms with Gasteiger partial charge in [0.1, 0.15) is 11.9 Å². The molecule has 7 nitrogen and oxygen atoms in total. The summed E-state index contributed by atoms with van der Waals surface area (Å²) in [6.07, 6.45) is 2.33. The zero-order valence-corrected chi connectivity index (χ0v) is 14.6. The summed E-state index contributed by atoms with van der Waals surface area (Å²) in [6, 6.07) is 4.98. The van der Waals surface area contributed by atoms with E-state index < -0.39 is 12.0 Å². The second-order valence-electron chi connectivity index (χ2n) is 6.32. The van der Waals surface area contributed by atoms with Crippen LogP contribution >= 0.6 is 0 Å². The number of hydrogen-bond donors (Lipinski definition) is 1. The van der Waals surface area contributed by atoms with Gasteiger partial charge in [-0.05, 0) is 24.5 Å². The molecule has 1 aliphatic rings. The van der Waals surface area contributed by atoms with Crippen molar-refractivity contribution >= 4 is 17.8 Å². The van der Waals surface area contributed by atoms with E-state index in [-0.39, 0.29) is 11.9 Å². The third-order valence-corrected chi connectivity index (χ3v) is 4.03. The number of methoxy groups -OCH3 is 1. The van der Waals surface area contributed by atoms with Crippen LogP contribution in [0.4, 0.5) is 10.6 Å². The highest BCUT2D eigenvalue weighted by Crippen LogP contribution is 2.13. The summed E-state index contributed by atoms with van der Waals surface area (Å²) < 4.78 is 4.79. The number of nitrogens with zero attached hydrogens (tertiary/aromatic N) is 3. The SMILES string of the molecule is COC(=O)[C@@H](CC(C)C)NC(=O)N1CCN(c2ccccn2)CC1. The van der Waals surface area contributed by atoms with E-state index in [1.807, 2.05) is 32.0 Å². The molecule has 0 spiro atoms. The summed E-state index contributed by atoms with van der Waals surface area (Å²) in [4.78, 5) is 32.5. The number of ether oxygens (including phenoxy) is 1. The summed E-state index contributed by atoms with van der Waals surface area (Å²) in [5.74, 6) is 0.810. The number of anilines is 1. The number of urea groups is 1. The molecule has 1 atom stereocenters. The molecule has 2 rings (SSSR count). The molecule has 1 aromatic rings. The molecule has 1 fully saturated rings. The number of hydrogen-bond acceptors (Lipinski definition) is 5. The summed E-state index contributed by atoms with van der Waals surface area (Å²) in [5.41, 5.74) is 0. The first-order valence-electron chi connectivity index (χ1n) is 8.30. The molecule has 2 amide bonds. The van der Waals surface area contributed by atoms with E-state index in [1.54, 1.807) is 11.1 Å². The van der Waals surface area contributed by atoms with E-state index in [1.165, 1.54) is 7.11 Å². The Morgan fingerprint density at radius 1 is 1.25 bits per heavy atom. The van der Waals surface area contributed by atoms with Crippen LogP contribution in [0.2, 0.25) is 0 Å². The monoisotopic (exact) mass is 334 g/mol. The number of esters is 1. The Morgan fingerprint density at radius 3 is 2.50 bits per heavy atom. The molecule has 132 valence electrons. The second kappa shape index (κ2) is 8.52. The molecule has 0 unspecified atom stereocenters. The largest absolute Gasteiger partial charge is 0.467 e. The Labute approximate surface area is 143 Å². The molecule has 1 N–H and O–H groups in total. The maximum Gasteiger partial charge on any atom is 0.328 e. The maximum atomic E-state index is 12.4. The van der Waals surface area contributed by atoms with Crippen LogP contribution in [-0.4, -0.2) is 61.2 Å². The van der Waals surface area contributed by atoms with Crippen molar-refractivity contribution in [2.24, 2.45) is 5.92 Å². The van der Waals surface area contributed by atoms with Crippen molar-refractivity contribution < 1.29 is 14.3 Å². The lowest BCUT2D eigenvalue weighted by molar-refractivity contribution is -0.143. The van der Waals surface area contributed by atoms with Crippen molar-refractivity contribution in [3.8, 4) is 0 Å². The molecule has 1 aromatic heterocycles. The standard InChI is InChI=1S/C17H26N4O3/c1-13(2)12-14(16(22)24-3)19-17(23)21-10-8-20(9-11-21)15-6-4-5-7-18-15/h4-7,13-14H,8-12H2,1-3H3,(H,19,23)/t14-/m1/s1. The maximum absolute atomic E-state index is 12.4. The van der Waals surface area contributed by atoms with E-state index in [4.69, 9.17) is 4.74 Å². The lowest BCUT2D eigenvalue weighted by atomic mass is 10.0. The number of amides is 2. The molecule has 24 heavy (non-hydrogen) atoms. The first kappa shape index (κ1) is 18.0. The number of nitrogens with one attached hydrogen (secondary N) is 1. The second-order valence-corrected chi connectivity index (χ2v) is 6.32. The lowest BCUT2D eigenvalue weighted by Crippen LogP contribution is -2.55. The third kappa shape index (κ3) is 4.84. The minimum Gasteiger partial charge on any atom is -0.467 e. The fourth-order valence-electron chi connectivity index (χ4n) is 2.75. The van der Waals surface area contributed by atoms with Gasteiger partial charge < -0.3 is 19.9 Å². The van der Waals surface area contributed by atoms with Crippen LogP contribution in [0.15, 0.2) is 24.4 Å². The van der Waals surface area contributed by atoms with Crippen molar-refractivity contribution in [3.63, 3.8) is 0 Å². The van der Waals surface area contributed by atoms with Crippen molar-refractivity contribution in [1.82, 2.24) is 15.2 Å². The summed E-state index contributed by atoms with van der Waals surface area (Å²) in [6.45, 7) is 6.65. The zero-order chi connectivity index (χ0) is 17.5. The van der Waals surface area contributed by atoms with Crippen LogP contribution in [0.1, 0.15) is 20.3 Å². The van der Waals surface area contributed by atoms with Crippen LogP contribution in [0, 0.1) is 5.92 Å². The first-order chi connectivity index (χ1) is 11.5. The van der Waals surface area contributed by atoms with Gasteiger partial charge >= 0.3 is 12.0 Å². The van der Waals surface area contributed by atoms with E-state index in [9.17, 15) is 9.59 Å². The van der Waals surface area contributed by atoms with Gasteiger partial charge in [0.25, 0.3) is 0 Å². The van der Waals surface area contributed by atoms with Gasteiger partial charge in [-0.25, -0.2) is 14.6 Å². The molecule has 0 radical (unpaired) electrons. The molecule has 7 heteroatoms. The molecule has 1 saturated heterocycles. The van der Waals surface area contributed by atoms with Crippen LogP contribution in [-0.2, 0) is 9.53 Å². The molecule has 2 heterocycles. The van der Waals surface area contributed by atoms with Crippen molar-refractivity contribution in [3.05, 3.63) is 24.4 Å². The van der Waals surface area contributed by atoms with E-state index in [0.29, 0.717) is 19.5 Å². The summed E-state index contributed by atoms with van der Waals surface area (Å²) >= 11 is 0. The smallest absolute Gasteiger partial charge is 0.328 e. The molecule has 0 aromatic carbocycles. The molecule has 0 bridgehead atoms. The topological polar surface area (TPSA) is 74.8 Å². The molecule has 1 aliphatic heterocycles. The van der Waals surface area contributed by atoms with Crippen molar-refractivity contribution in [1.29, 1.82) is 0 Å². The highest BCUT2D eigenvalue weighted by Gasteiger charge is 2.27. The van der Waals surface area contributed by atoms with Gasteiger partial charge in [0.2, 0.25) is 0 Å². The Hall–Kier alpha value is -2.31. The number of piperazine rings is 1. The Morgan fingerprint density at radius 2 is 1.96 bits per heavy atom. The van der Waals surface area contributed by atoms with Crippen LogP contribution < -0.4 is 10.2 Å². The van der Waals surface area contributed by atoms with Gasteiger partial charge in [0.05, 0.1) is 7.11 Å². The highest BCUT2D eigenvalue weighted by atomic mass is 16.5. The predicted molar refractivity (Wildman–Crippen MR) is 91.8 cm³/mol. The summed E-state index contributed by atoms with van der Waals surface area (Å²) in [5, 5.41) is 2.80. The molecular formula is C17H26N4O3. The summed E-state index contributed by atoms with van der Waals surface area (Å²) in [7, 11) is 1.34. The fourth-order valence-corrected chi connectivity index (χ4v) is 2.75. The highest BCUT2D eigenvalue weighted by molar-refractivity contribution is 5.83. The van der Waals surface area contributed by atoms with Gasteiger partial charge in [-0.3, -0.25) is 0 Å². The Balaban J connectivity index is 1.88. The third-order valence-electron chi connectivity index (χ3n) is 4.03. The van der Waals surface area contributed by atoms with Crippen molar-refractivity contribution in [2.45, 2.75) is 26.3 Å². The molecule has 0 aliphatic carbocycles. The van der Waals surface area contributed by atoms with Crippen LogP contribution in [0.5, 0.6) is 0 Å². The van der Waals surface area contributed by atoms with Gasteiger partial charge in [-0.2, -0.15) is 0 Å². The first-order valence-corrected chi connectivity index (χ1v) is 8.30. The van der Waals surface area contributed by atoms with Crippen LogP contribution in [0.25, 0.3) is 0 Å². The van der Waals surface area contributed by atoms with Gasteiger partial charge in [0.15, 0.2) is 0 Å². The average Bonchev–Trinajstić information content (AvgIpc) is 2.61. The number of pyridine rings is 1. The average molecular weight is 334 g/mol. The zero-order valence-electron chi connectivity index (χ0n) is 14.6. The van der Waals surface area contributed by atoms with Crippen molar-refractivity contribution in [2.75, 3.05) is 38.2 Å². The minimum absolute atomic E-state index is 0.216. The van der Waals surface area contributed by atoms with Gasteiger partial charge in [0, 0.05) is 32.4 Å². The predicted octanol–water partition coefficient (Wildman–Crippen LogP) is 1.50. The van der Waals surface area contributed by atoms with Crippen LogP contribution in [0.3, 0.4) is 0 Å². The fraction of sp³-hybridized carbons (Fsp3) is 0.588. The number of rotatable bonds is 5. The minimum atomic E-state index is -0.601. The molecule has 0 saturated carbocycles. The Bertz CT molecular complexity index is 542. The van der Waals surface area contributed by atoms with E-state index in [0.717, 1.165) is 18.9 Å². The number of carbonyl (C=O) groups excluding carboxylic acids is 2. The van der Waals surface area contributed by atoms with Gasteiger partial charge in [-0.1, -0.05) is 19.9 Å². The van der Waals surface area contributed by atoms with Gasteiger partial charge in [-0.15, -0.1) is 0 Å². The Kier molecular flexibility index (Phi) is 6.40. The van der Waals surface area contributed by atoms with E-state index in [2.05, 4.69) is 15.2 Å².